The number of nitrogens with zero attached hydrogens (tertiary/aromatic N) is 2. The number of hydrogen-bond acceptors (Lipinski definition) is 5. The number of hydrogen-bond donors (Lipinski definition) is 1. The molecule has 0 unspecified atom stereocenters. The fourth-order valence-corrected chi connectivity index (χ4v) is 3.95. The van der Waals surface area contributed by atoms with Gasteiger partial charge in [-0.3, -0.25) is 4.79 Å². The molecular weight excluding hydrogens is 430 g/mol. The molecule has 0 spiro atoms. The van der Waals surface area contributed by atoms with Crippen LogP contribution in [0.3, 0.4) is 0 Å². The number of thioether (sulfide) groups is 1. The number of anilines is 1. The van der Waals surface area contributed by atoms with E-state index in [4.69, 9.17) is 16.0 Å². The molecule has 1 N–H and O–H groups in total. The maximum Gasteiger partial charge on any atom is 0.277 e. The quantitative estimate of drug-likeness (QED) is 0.353. The molecule has 0 saturated carbocycles. The van der Waals surface area contributed by atoms with Crippen LogP contribution < -0.4 is 5.32 Å². The molecule has 156 valence electrons. The van der Waals surface area contributed by atoms with Crippen molar-refractivity contribution in [1.29, 1.82) is 0 Å². The predicted molar refractivity (Wildman–Crippen MR) is 124 cm³/mol. The van der Waals surface area contributed by atoms with E-state index in [0.717, 1.165) is 16.7 Å². The van der Waals surface area contributed by atoms with Crippen LogP contribution in [0.4, 0.5) is 5.69 Å². The number of nitrogens with one attached hydrogen (secondary N) is 1. The average Bonchev–Trinajstić information content (AvgIpc) is 3.25. The van der Waals surface area contributed by atoms with Crippen molar-refractivity contribution < 1.29 is 9.21 Å². The Morgan fingerprint density at radius 2 is 1.65 bits per heavy atom. The van der Waals surface area contributed by atoms with Gasteiger partial charge >= 0.3 is 0 Å². The molecule has 0 aliphatic carbocycles. The Labute approximate surface area is 189 Å². The Bertz CT molecular complexity index is 1130. The number of rotatable bonds is 7. The van der Waals surface area contributed by atoms with Crippen molar-refractivity contribution in [3.05, 3.63) is 106 Å². The second kappa shape index (κ2) is 9.81. The highest BCUT2D eigenvalue weighted by Gasteiger charge is 2.23. The van der Waals surface area contributed by atoms with Crippen molar-refractivity contribution in [2.24, 2.45) is 0 Å². The number of carbonyl (C=O) groups excluding carboxylic acids is 1. The predicted octanol–water partition coefficient (Wildman–Crippen LogP) is 5.94. The van der Waals surface area contributed by atoms with Gasteiger partial charge in [0.2, 0.25) is 11.8 Å². The van der Waals surface area contributed by atoms with Crippen molar-refractivity contribution >= 4 is 35.0 Å². The number of aromatic nitrogens is 2. The van der Waals surface area contributed by atoms with E-state index in [0.29, 0.717) is 21.8 Å². The first-order valence-electron chi connectivity index (χ1n) is 9.72. The molecule has 0 bridgehead atoms. The van der Waals surface area contributed by atoms with Gasteiger partial charge in [0.1, 0.15) is 0 Å². The zero-order valence-corrected chi connectivity index (χ0v) is 18.4. The maximum absolute atomic E-state index is 12.4. The molecule has 0 atom stereocenters. The minimum Gasteiger partial charge on any atom is -0.415 e. The molecule has 7 heteroatoms. The number of carbonyl (C=O) groups is 1. The van der Waals surface area contributed by atoms with E-state index in [9.17, 15) is 4.79 Å². The monoisotopic (exact) mass is 449 g/mol. The summed E-state index contributed by atoms with van der Waals surface area (Å²) < 4.78 is 5.94. The minimum absolute atomic E-state index is 0.148. The molecule has 5 nitrogen and oxygen atoms in total. The van der Waals surface area contributed by atoms with E-state index >= 15 is 0 Å². The number of amides is 1. The highest BCUT2D eigenvalue weighted by molar-refractivity contribution is 7.99. The van der Waals surface area contributed by atoms with E-state index in [1.54, 1.807) is 12.1 Å². The van der Waals surface area contributed by atoms with E-state index in [-0.39, 0.29) is 17.6 Å². The summed E-state index contributed by atoms with van der Waals surface area (Å²) >= 11 is 7.22. The van der Waals surface area contributed by atoms with Crippen LogP contribution >= 0.6 is 23.4 Å². The Morgan fingerprint density at radius 1 is 1.00 bits per heavy atom. The lowest BCUT2D eigenvalue weighted by molar-refractivity contribution is -0.113. The first-order chi connectivity index (χ1) is 15.1. The SMILES string of the molecule is Cc1ccc(Cl)cc1NC(=O)CSc1nnc(C(c2ccccc2)c2ccccc2)o1. The van der Waals surface area contributed by atoms with Gasteiger partial charge in [-0.1, -0.05) is 90.1 Å². The third-order valence-corrected chi connectivity index (χ3v) is 5.79. The number of halogens is 1. The van der Waals surface area contributed by atoms with E-state index in [2.05, 4.69) is 15.5 Å². The van der Waals surface area contributed by atoms with Crippen LogP contribution in [0.2, 0.25) is 5.02 Å². The van der Waals surface area contributed by atoms with Gasteiger partial charge in [-0.25, -0.2) is 0 Å². The highest BCUT2D eigenvalue weighted by Crippen LogP contribution is 2.32. The number of benzene rings is 3. The van der Waals surface area contributed by atoms with Crippen molar-refractivity contribution in [3.8, 4) is 0 Å². The molecule has 3 aromatic carbocycles. The Balaban J connectivity index is 1.47. The topological polar surface area (TPSA) is 68.0 Å². The van der Waals surface area contributed by atoms with Gasteiger partial charge < -0.3 is 9.73 Å². The van der Waals surface area contributed by atoms with Crippen molar-refractivity contribution in [3.63, 3.8) is 0 Å². The lowest BCUT2D eigenvalue weighted by atomic mass is 9.91. The largest absolute Gasteiger partial charge is 0.415 e. The van der Waals surface area contributed by atoms with Gasteiger partial charge in [0.25, 0.3) is 5.22 Å². The Kier molecular flexibility index (Phi) is 6.70. The van der Waals surface area contributed by atoms with Gasteiger partial charge in [0.05, 0.1) is 11.7 Å². The van der Waals surface area contributed by atoms with Crippen LogP contribution in [-0.4, -0.2) is 21.9 Å². The second-order valence-electron chi connectivity index (χ2n) is 6.96. The molecule has 0 aliphatic heterocycles. The third-order valence-electron chi connectivity index (χ3n) is 4.74. The smallest absolute Gasteiger partial charge is 0.277 e. The van der Waals surface area contributed by atoms with Gasteiger partial charge in [-0.2, -0.15) is 0 Å². The van der Waals surface area contributed by atoms with Crippen LogP contribution in [0.25, 0.3) is 0 Å². The fourth-order valence-electron chi connectivity index (χ4n) is 3.21. The van der Waals surface area contributed by atoms with Crippen molar-refractivity contribution in [2.45, 2.75) is 18.1 Å². The van der Waals surface area contributed by atoms with E-state index in [1.807, 2.05) is 73.7 Å². The fraction of sp³-hybridized carbons (Fsp3) is 0.125. The highest BCUT2D eigenvalue weighted by atomic mass is 35.5. The van der Waals surface area contributed by atoms with Gasteiger partial charge in [-0.15, -0.1) is 10.2 Å². The normalized spacial score (nSPS) is 10.9. The van der Waals surface area contributed by atoms with E-state index in [1.165, 1.54) is 11.8 Å². The van der Waals surface area contributed by atoms with E-state index < -0.39 is 0 Å². The Hall–Kier alpha value is -3.09. The first kappa shape index (κ1) is 21.2. The molecule has 31 heavy (non-hydrogen) atoms. The number of aryl methyl sites for hydroxylation is 1. The second-order valence-corrected chi connectivity index (χ2v) is 8.32. The molecular formula is C24H20ClN3O2S. The lowest BCUT2D eigenvalue weighted by Crippen LogP contribution is -2.14. The van der Waals surface area contributed by atoms with Crippen LogP contribution in [0, 0.1) is 6.92 Å². The summed E-state index contributed by atoms with van der Waals surface area (Å²) in [6.45, 7) is 1.91. The summed E-state index contributed by atoms with van der Waals surface area (Å²) in [5, 5.41) is 12.2. The Morgan fingerprint density at radius 3 is 2.29 bits per heavy atom. The minimum atomic E-state index is -0.174. The molecule has 1 heterocycles. The van der Waals surface area contributed by atoms with Gasteiger partial charge in [0, 0.05) is 10.7 Å². The molecule has 0 saturated heterocycles. The maximum atomic E-state index is 12.4. The summed E-state index contributed by atoms with van der Waals surface area (Å²) in [7, 11) is 0. The van der Waals surface area contributed by atoms with Gasteiger partial charge in [-0.05, 0) is 35.7 Å². The molecule has 0 fully saturated rings. The summed E-state index contributed by atoms with van der Waals surface area (Å²) in [5.41, 5.74) is 3.75. The molecule has 1 aromatic heterocycles. The van der Waals surface area contributed by atoms with Crippen molar-refractivity contribution in [2.75, 3.05) is 11.1 Å². The average molecular weight is 450 g/mol. The summed E-state index contributed by atoms with van der Waals surface area (Å²) in [4.78, 5) is 12.4. The van der Waals surface area contributed by atoms with Crippen LogP contribution in [0.5, 0.6) is 0 Å². The summed E-state index contributed by atoms with van der Waals surface area (Å²) in [5.74, 6) is 0.297. The molecule has 4 rings (SSSR count). The zero-order chi connectivity index (χ0) is 21.6. The molecule has 1 amide bonds. The standard InChI is InChI=1S/C24H20ClN3O2S/c1-16-12-13-19(25)14-20(16)26-21(29)15-31-24-28-27-23(30-24)22(17-8-4-2-5-9-17)18-10-6-3-7-11-18/h2-14,22H,15H2,1H3,(H,26,29). The van der Waals surface area contributed by atoms with Crippen LogP contribution in [-0.2, 0) is 4.79 Å². The van der Waals surface area contributed by atoms with Crippen LogP contribution in [0.1, 0.15) is 28.5 Å². The zero-order valence-electron chi connectivity index (χ0n) is 16.8. The summed E-state index contributed by atoms with van der Waals surface area (Å²) in [6, 6.07) is 25.4. The lowest BCUT2D eigenvalue weighted by Gasteiger charge is -2.13. The third kappa shape index (κ3) is 5.34. The molecule has 0 aliphatic rings. The van der Waals surface area contributed by atoms with Crippen LogP contribution in [0.15, 0.2) is 88.5 Å². The first-order valence-corrected chi connectivity index (χ1v) is 11.1. The molecule has 0 radical (unpaired) electrons. The molecule has 4 aromatic rings. The van der Waals surface area contributed by atoms with Crippen molar-refractivity contribution in [1.82, 2.24) is 10.2 Å². The summed E-state index contributed by atoms with van der Waals surface area (Å²) in [6.07, 6.45) is 0. The van der Waals surface area contributed by atoms with Gasteiger partial charge in [0.15, 0.2) is 0 Å².